The summed E-state index contributed by atoms with van der Waals surface area (Å²) in [4.78, 5) is 4.31. The SMILES string of the molecule is N#Cc1ccc(Nc2nncc(Nc3cccc(Cl)c3Cl)n2)cc1. The molecule has 0 bridgehead atoms. The Bertz CT molecular complexity index is 905. The first-order valence-electron chi connectivity index (χ1n) is 6.83. The average Bonchev–Trinajstić information content (AvgIpc) is 2.60. The second-order valence-electron chi connectivity index (χ2n) is 4.71. The molecule has 0 atom stereocenters. The van der Waals surface area contributed by atoms with Crippen LogP contribution in [0.3, 0.4) is 0 Å². The molecular formula is C16H10Cl2N6. The number of nitrogens with one attached hydrogen (secondary N) is 2. The third kappa shape index (κ3) is 3.71. The van der Waals surface area contributed by atoms with Crippen LogP contribution in [-0.2, 0) is 0 Å². The van der Waals surface area contributed by atoms with Gasteiger partial charge >= 0.3 is 0 Å². The Morgan fingerprint density at radius 2 is 1.79 bits per heavy atom. The number of rotatable bonds is 4. The van der Waals surface area contributed by atoms with E-state index >= 15 is 0 Å². The van der Waals surface area contributed by atoms with Gasteiger partial charge in [0, 0.05) is 5.69 Å². The number of anilines is 4. The van der Waals surface area contributed by atoms with Crippen LogP contribution in [0.25, 0.3) is 0 Å². The lowest BCUT2D eigenvalue weighted by atomic mass is 10.2. The van der Waals surface area contributed by atoms with Gasteiger partial charge < -0.3 is 10.6 Å². The van der Waals surface area contributed by atoms with Gasteiger partial charge in [-0.3, -0.25) is 0 Å². The molecule has 3 rings (SSSR count). The Hall–Kier alpha value is -2.88. The van der Waals surface area contributed by atoms with Crippen molar-refractivity contribution in [2.24, 2.45) is 0 Å². The number of hydrogen-bond donors (Lipinski definition) is 2. The molecule has 2 N–H and O–H groups in total. The Kier molecular flexibility index (Phi) is 4.75. The van der Waals surface area contributed by atoms with Crippen molar-refractivity contribution >= 4 is 46.3 Å². The molecule has 1 aromatic heterocycles. The fraction of sp³-hybridized carbons (Fsp3) is 0. The van der Waals surface area contributed by atoms with Crippen LogP contribution in [0.5, 0.6) is 0 Å². The van der Waals surface area contributed by atoms with E-state index in [0.717, 1.165) is 5.69 Å². The molecule has 3 aromatic rings. The monoisotopic (exact) mass is 356 g/mol. The zero-order valence-corrected chi connectivity index (χ0v) is 13.7. The third-order valence-electron chi connectivity index (χ3n) is 3.04. The van der Waals surface area contributed by atoms with Crippen LogP contribution >= 0.6 is 23.2 Å². The van der Waals surface area contributed by atoms with Gasteiger partial charge in [-0.05, 0) is 36.4 Å². The molecular weight excluding hydrogens is 347 g/mol. The van der Waals surface area contributed by atoms with Crippen LogP contribution in [0.15, 0.2) is 48.7 Å². The summed E-state index contributed by atoms with van der Waals surface area (Å²) in [5, 5.41) is 23.5. The maximum atomic E-state index is 8.80. The maximum Gasteiger partial charge on any atom is 0.249 e. The lowest BCUT2D eigenvalue weighted by Gasteiger charge is -2.09. The second kappa shape index (κ2) is 7.13. The summed E-state index contributed by atoms with van der Waals surface area (Å²) in [6.07, 6.45) is 1.47. The minimum atomic E-state index is 0.308. The van der Waals surface area contributed by atoms with Crippen molar-refractivity contribution in [2.75, 3.05) is 10.6 Å². The molecule has 0 saturated carbocycles. The van der Waals surface area contributed by atoms with E-state index in [-0.39, 0.29) is 0 Å². The molecule has 0 unspecified atom stereocenters. The van der Waals surface area contributed by atoms with E-state index in [1.54, 1.807) is 42.5 Å². The van der Waals surface area contributed by atoms with E-state index in [1.807, 2.05) is 0 Å². The van der Waals surface area contributed by atoms with Crippen LogP contribution in [0.4, 0.5) is 23.1 Å². The smallest absolute Gasteiger partial charge is 0.249 e. The van der Waals surface area contributed by atoms with Crippen molar-refractivity contribution in [3.05, 3.63) is 64.3 Å². The molecule has 2 aromatic carbocycles. The van der Waals surface area contributed by atoms with E-state index in [0.29, 0.717) is 33.1 Å². The van der Waals surface area contributed by atoms with E-state index < -0.39 is 0 Å². The first-order chi connectivity index (χ1) is 11.7. The van der Waals surface area contributed by atoms with Crippen molar-refractivity contribution in [3.8, 4) is 6.07 Å². The largest absolute Gasteiger partial charge is 0.338 e. The molecule has 8 heteroatoms. The number of nitrogens with zero attached hydrogens (tertiary/aromatic N) is 4. The summed E-state index contributed by atoms with van der Waals surface area (Å²) < 4.78 is 0. The lowest BCUT2D eigenvalue weighted by molar-refractivity contribution is 0.982. The Labute approximate surface area is 148 Å². The van der Waals surface area contributed by atoms with Gasteiger partial charge in [0.15, 0.2) is 5.82 Å². The zero-order chi connectivity index (χ0) is 16.9. The van der Waals surface area contributed by atoms with Crippen molar-refractivity contribution in [1.29, 1.82) is 5.26 Å². The molecule has 24 heavy (non-hydrogen) atoms. The van der Waals surface area contributed by atoms with Crippen molar-refractivity contribution < 1.29 is 0 Å². The second-order valence-corrected chi connectivity index (χ2v) is 5.49. The third-order valence-corrected chi connectivity index (χ3v) is 3.86. The summed E-state index contributed by atoms with van der Waals surface area (Å²) in [5.41, 5.74) is 1.94. The summed E-state index contributed by atoms with van der Waals surface area (Å²) >= 11 is 12.1. The molecule has 0 aliphatic carbocycles. The van der Waals surface area contributed by atoms with E-state index in [2.05, 4.69) is 31.9 Å². The van der Waals surface area contributed by atoms with Crippen LogP contribution < -0.4 is 10.6 Å². The van der Waals surface area contributed by atoms with Gasteiger partial charge in [0.1, 0.15) is 0 Å². The van der Waals surface area contributed by atoms with Crippen LogP contribution in [0.1, 0.15) is 5.56 Å². The highest BCUT2D eigenvalue weighted by Crippen LogP contribution is 2.31. The summed E-state index contributed by atoms with van der Waals surface area (Å²) in [6, 6.07) is 14.2. The normalized spacial score (nSPS) is 10.0. The molecule has 0 spiro atoms. The molecule has 0 aliphatic rings. The fourth-order valence-electron chi connectivity index (χ4n) is 1.91. The number of halogens is 2. The van der Waals surface area contributed by atoms with E-state index in [4.69, 9.17) is 28.5 Å². The first-order valence-corrected chi connectivity index (χ1v) is 7.59. The molecule has 1 heterocycles. The highest BCUT2D eigenvalue weighted by molar-refractivity contribution is 6.43. The van der Waals surface area contributed by atoms with Gasteiger partial charge in [0.05, 0.1) is 33.6 Å². The van der Waals surface area contributed by atoms with Gasteiger partial charge in [0.25, 0.3) is 0 Å². The van der Waals surface area contributed by atoms with Gasteiger partial charge in [0.2, 0.25) is 5.95 Å². The number of nitriles is 1. The van der Waals surface area contributed by atoms with Gasteiger partial charge in [-0.15, -0.1) is 5.10 Å². The molecule has 0 amide bonds. The van der Waals surface area contributed by atoms with Crippen LogP contribution in [0.2, 0.25) is 10.0 Å². The summed E-state index contributed by atoms with van der Waals surface area (Å²) in [5.74, 6) is 0.771. The van der Waals surface area contributed by atoms with Crippen molar-refractivity contribution in [3.63, 3.8) is 0 Å². The Balaban J connectivity index is 1.78. The minimum absolute atomic E-state index is 0.308. The molecule has 0 aliphatic heterocycles. The average molecular weight is 357 g/mol. The van der Waals surface area contributed by atoms with Gasteiger partial charge in [-0.25, -0.2) is 0 Å². The van der Waals surface area contributed by atoms with Gasteiger partial charge in [-0.2, -0.15) is 15.3 Å². The highest BCUT2D eigenvalue weighted by Gasteiger charge is 2.07. The van der Waals surface area contributed by atoms with Crippen LogP contribution in [0, 0.1) is 11.3 Å². The Morgan fingerprint density at radius 1 is 1.00 bits per heavy atom. The number of benzene rings is 2. The minimum Gasteiger partial charge on any atom is -0.338 e. The molecule has 0 radical (unpaired) electrons. The van der Waals surface area contributed by atoms with Gasteiger partial charge in [-0.1, -0.05) is 29.3 Å². The lowest BCUT2D eigenvalue weighted by Crippen LogP contribution is -2.02. The molecule has 0 fully saturated rings. The van der Waals surface area contributed by atoms with E-state index in [9.17, 15) is 0 Å². The molecule has 6 nitrogen and oxygen atoms in total. The Morgan fingerprint density at radius 3 is 2.54 bits per heavy atom. The number of aromatic nitrogens is 3. The molecule has 0 saturated heterocycles. The summed E-state index contributed by atoms with van der Waals surface area (Å²) in [7, 11) is 0. The highest BCUT2D eigenvalue weighted by atomic mass is 35.5. The standard InChI is InChI=1S/C16H10Cl2N6/c17-12-2-1-3-13(15(12)18)22-14-9-20-24-16(23-14)21-11-6-4-10(8-19)5-7-11/h1-7,9H,(H2,21,22,23,24). The molecule has 118 valence electrons. The number of hydrogen-bond acceptors (Lipinski definition) is 6. The van der Waals surface area contributed by atoms with Crippen molar-refractivity contribution in [1.82, 2.24) is 15.2 Å². The first kappa shape index (κ1) is 16.0. The zero-order valence-electron chi connectivity index (χ0n) is 12.2. The predicted octanol–water partition coefficient (Wildman–Crippen LogP) is 4.54. The fourth-order valence-corrected chi connectivity index (χ4v) is 2.26. The summed E-state index contributed by atoms with van der Waals surface area (Å²) in [6.45, 7) is 0. The van der Waals surface area contributed by atoms with Crippen LogP contribution in [-0.4, -0.2) is 15.2 Å². The quantitative estimate of drug-likeness (QED) is 0.713. The van der Waals surface area contributed by atoms with E-state index in [1.165, 1.54) is 6.20 Å². The predicted molar refractivity (Wildman–Crippen MR) is 94.0 cm³/mol. The van der Waals surface area contributed by atoms with Crippen molar-refractivity contribution in [2.45, 2.75) is 0 Å². The maximum absolute atomic E-state index is 8.80. The topological polar surface area (TPSA) is 86.5 Å².